The summed E-state index contributed by atoms with van der Waals surface area (Å²) >= 11 is 0. The van der Waals surface area contributed by atoms with Crippen molar-refractivity contribution in [2.75, 3.05) is 11.9 Å². The highest BCUT2D eigenvalue weighted by molar-refractivity contribution is 5.79. The Morgan fingerprint density at radius 3 is 2.67 bits per heavy atom. The van der Waals surface area contributed by atoms with Crippen LogP contribution in [0.25, 0.3) is 22.2 Å². The van der Waals surface area contributed by atoms with Crippen LogP contribution in [0.3, 0.4) is 0 Å². The molecule has 0 fully saturated rings. The van der Waals surface area contributed by atoms with Gasteiger partial charge in [-0.1, -0.05) is 17.3 Å². The molecule has 0 spiro atoms. The number of hydrogen-bond donors (Lipinski definition) is 2. The second kappa shape index (κ2) is 8.27. The number of fused-ring (bicyclic) bond motifs is 2. The summed E-state index contributed by atoms with van der Waals surface area (Å²) in [6.07, 6.45) is 2.39. The van der Waals surface area contributed by atoms with Crippen molar-refractivity contribution in [3.8, 4) is 0 Å². The number of rotatable bonds is 6. The summed E-state index contributed by atoms with van der Waals surface area (Å²) in [5.41, 5.74) is 1.75. The smallest absolute Gasteiger partial charge is 0.408 e. The number of pyridine rings is 1. The molecule has 172 valence electrons. The van der Waals surface area contributed by atoms with Crippen LogP contribution in [-0.4, -0.2) is 63.7 Å². The van der Waals surface area contributed by atoms with Gasteiger partial charge in [-0.15, -0.1) is 5.10 Å². The summed E-state index contributed by atoms with van der Waals surface area (Å²) in [5.74, 6) is 0.529. The van der Waals surface area contributed by atoms with Crippen LogP contribution < -0.4 is 5.32 Å². The number of nitrogens with zero attached hydrogens (tertiary/aromatic N) is 7. The first-order valence-electron chi connectivity index (χ1n) is 10.7. The lowest BCUT2D eigenvalue weighted by Gasteiger charge is -2.45. The molecule has 1 aromatic carbocycles. The second-order valence-electron chi connectivity index (χ2n) is 9.63. The monoisotopic (exact) mass is 448 g/mol. The third-order valence-electron chi connectivity index (χ3n) is 5.40. The molecule has 1 amide bonds. The summed E-state index contributed by atoms with van der Waals surface area (Å²) in [4.78, 5) is 26.7. The predicted molar refractivity (Wildman–Crippen MR) is 126 cm³/mol. The number of nitrogens with one attached hydrogen (secondary N) is 1. The van der Waals surface area contributed by atoms with Crippen LogP contribution in [0.4, 0.5) is 10.6 Å². The molecule has 3 aromatic heterocycles. The maximum atomic E-state index is 11.9. The first-order valence-corrected chi connectivity index (χ1v) is 10.7. The van der Waals surface area contributed by atoms with E-state index in [1.54, 1.807) is 17.1 Å². The lowest BCUT2D eigenvalue weighted by atomic mass is 9.95. The fraction of sp³-hybridized carbons (Fsp3) is 0.391. The van der Waals surface area contributed by atoms with E-state index >= 15 is 0 Å². The van der Waals surface area contributed by atoms with E-state index in [1.165, 1.54) is 4.90 Å². The van der Waals surface area contributed by atoms with Crippen LogP contribution in [0, 0.1) is 0 Å². The third-order valence-corrected chi connectivity index (χ3v) is 5.40. The van der Waals surface area contributed by atoms with E-state index in [-0.39, 0.29) is 0 Å². The van der Waals surface area contributed by atoms with Gasteiger partial charge in [-0.3, -0.25) is 9.88 Å². The summed E-state index contributed by atoms with van der Waals surface area (Å²) in [6, 6.07) is 9.99. The van der Waals surface area contributed by atoms with Crippen LogP contribution in [0.15, 0.2) is 42.7 Å². The summed E-state index contributed by atoms with van der Waals surface area (Å²) in [6.45, 7) is 10.2. The highest BCUT2D eigenvalue weighted by atomic mass is 16.4. The van der Waals surface area contributed by atoms with Crippen molar-refractivity contribution in [1.29, 1.82) is 0 Å². The van der Waals surface area contributed by atoms with Gasteiger partial charge in [-0.25, -0.2) is 19.4 Å². The first-order chi connectivity index (χ1) is 15.5. The molecule has 10 nitrogen and oxygen atoms in total. The van der Waals surface area contributed by atoms with Crippen molar-refractivity contribution in [2.24, 2.45) is 0 Å². The highest BCUT2D eigenvalue weighted by Gasteiger charge is 2.38. The van der Waals surface area contributed by atoms with Gasteiger partial charge in [0.05, 0.1) is 23.8 Å². The third kappa shape index (κ3) is 4.69. The lowest BCUT2D eigenvalue weighted by molar-refractivity contribution is 0.0391. The van der Waals surface area contributed by atoms with Crippen LogP contribution in [0.1, 0.15) is 40.2 Å². The van der Waals surface area contributed by atoms with Gasteiger partial charge in [0.25, 0.3) is 0 Å². The molecule has 4 aromatic rings. The quantitative estimate of drug-likeness (QED) is 0.457. The zero-order valence-electron chi connectivity index (χ0n) is 19.4. The Bertz CT molecular complexity index is 1310. The topological polar surface area (TPSA) is 122 Å². The van der Waals surface area contributed by atoms with Gasteiger partial charge in [-0.05, 0) is 58.4 Å². The minimum absolute atomic E-state index is 0.357. The molecule has 0 aliphatic carbocycles. The van der Waals surface area contributed by atoms with Crippen LogP contribution >= 0.6 is 0 Å². The number of carboxylic acid groups (broad SMARTS) is 1. The average Bonchev–Trinajstić information content (AvgIpc) is 3.12. The van der Waals surface area contributed by atoms with E-state index in [0.29, 0.717) is 30.2 Å². The van der Waals surface area contributed by atoms with Crippen molar-refractivity contribution < 1.29 is 9.90 Å². The van der Waals surface area contributed by atoms with Gasteiger partial charge in [0, 0.05) is 23.7 Å². The predicted octanol–water partition coefficient (Wildman–Crippen LogP) is 3.79. The Labute approximate surface area is 191 Å². The molecule has 4 rings (SSSR count). The minimum atomic E-state index is -0.969. The lowest BCUT2D eigenvalue weighted by Crippen LogP contribution is -2.59. The molecule has 0 radical (unpaired) electrons. The molecule has 0 aliphatic rings. The fourth-order valence-corrected chi connectivity index (χ4v) is 4.18. The van der Waals surface area contributed by atoms with Gasteiger partial charge in [0.15, 0.2) is 5.65 Å². The van der Waals surface area contributed by atoms with Crippen molar-refractivity contribution in [3.05, 3.63) is 48.3 Å². The molecule has 3 heterocycles. The van der Waals surface area contributed by atoms with E-state index in [4.69, 9.17) is 0 Å². The fourth-order valence-electron chi connectivity index (χ4n) is 4.18. The molecular formula is C23H28N8O2. The normalized spacial score (nSPS) is 12.3. The first kappa shape index (κ1) is 22.4. The van der Waals surface area contributed by atoms with Crippen LogP contribution in [0.5, 0.6) is 0 Å². The zero-order chi connectivity index (χ0) is 23.8. The van der Waals surface area contributed by atoms with E-state index < -0.39 is 17.2 Å². The molecule has 2 N–H and O–H groups in total. The molecule has 0 unspecified atom stereocenters. The van der Waals surface area contributed by atoms with E-state index in [9.17, 15) is 9.90 Å². The number of benzene rings is 1. The Hall–Kier alpha value is -3.82. The highest BCUT2D eigenvalue weighted by Crippen LogP contribution is 2.26. The van der Waals surface area contributed by atoms with Gasteiger partial charge in [0.2, 0.25) is 5.65 Å². The van der Waals surface area contributed by atoms with Crippen LogP contribution in [0.2, 0.25) is 0 Å². The number of anilines is 1. The van der Waals surface area contributed by atoms with Gasteiger partial charge >= 0.3 is 6.09 Å². The molecule has 10 heteroatoms. The van der Waals surface area contributed by atoms with Crippen molar-refractivity contribution in [2.45, 2.75) is 52.2 Å². The molecule has 0 aliphatic heterocycles. The molecule has 0 atom stereocenters. The molecule has 0 saturated carbocycles. The number of carbonyl (C=O) groups is 1. The summed E-state index contributed by atoms with van der Waals surface area (Å²) < 4.78 is 1.70. The maximum absolute atomic E-state index is 11.9. The maximum Gasteiger partial charge on any atom is 0.408 e. The van der Waals surface area contributed by atoms with Crippen molar-refractivity contribution >= 4 is 34.1 Å². The Morgan fingerprint density at radius 1 is 1.15 bits per heavy atom. The Morgan fingerprint density at radius 2 is 1.94 bits per heavy atom. The minimum Gasteiger partial charge on any atom is -0.465 e. The SMILES string of the molecule is CC(C)(C)N(C(=O)O)C(C)(C)CNc1cnc2nnn(Cc3ccc4ncccc4c3)c2n1. The Balaban J connectivity index is 1.55. The molecule has 0 bridgehead atoms. The molecular weight excluding hydrogens is 420 g/mol. The molecule has 0 saturated heterocycles. The van der Waals surface area contributed by atoms with E-state index in [1.807, 2.05) is 58.9 Å². The van der Waals surface area contributed by atoms with Gasteiger partial charge in [0.1, 0.15) is 5.82 Å². The molecule has 33 heavy (non-hydrogen) atoms. The van der Waals surface area contributed by atoms with E-state index in [2.05, 4.69) is 36.6 Å². The van der Waals surface area contributed by atoms with Gasteiger partial charge < -0.3 is 10.4 Å². The van der Waals surface area contributed by atoms with E-state index in [0.717, 1.165) is 16.5 Å². The zero-order valence-corrected chi connectivity index (χ0v) is 19.4. The standard InChI is InChI=1S/C23H28N8O2/c1-22(2,3)31(21(32)33)23(4,5)14-26-18-12-25-19-20(27-18)30(29-28-19)13-15-8-9-17-16(11-15)7-6-10-24-17/h6-12H,13-14H2,1-5H3,(H,26,27)(H,32,33). The average molecular weight is 449 g/mol. The Kier molecular flexibility index (Phi) is 5.61. The van der Waals surface area contributed by atoms with Crippen molar-refractivity contribution in [1.82, 2.24) is 34.8 Å². The van der Waals surface area contributed by atoms with Crippen LogP contribution in [-0.2, 0) is 6.54 Å². The second-order valence-corrected chi connectivity index (χ2v) is 9.63. The number of amides is 1. The summed E-state index contributed by atoms with van der Waals surface area (Å²) in [7, 11) is 0. The van der Waals surface area contributed by atoms with Crippen molar-refractivity contribution in [3.63, 3.8) is 0 Å². The number of hydrogen-bond acceptors (Lipinski definition) is 7. The van der Waals surface area contributed by atoms with Gasteiger partial charge in [-0.2, -0.15) is 0 Å². The largest absolute Gasteiger partial charge is 0.465 e. The number of aromatic nitrogens is 6. The summed E-state index contributed by atoms with van der Waals surface area (Å²) in [5, 5.41) is 22.4.